The van der Waals surface area contributed by atoms with Crippen molar-refractivity contribution < 1.29 is 9.59 Å². The molecule has 6 heteroatoms. The minimum Gasteiger partial charge on any atom is -0.351 e. The number of hydrogen-bond acceptors (Lipinski definition) is 3. The standard InChI is InChI=1S/C19H22N4O2/c24-18-9-15(11-23(18)10-13-4-2-1-3-5-13)22-19(25)14-6-7-16-17(8-14)21-12-20-16/h1-5,12,14-15H,6-11H2,(H,20,21)(H,22,25)/t14-,15-/m1/s1. The Morgan fingerprint density at radius 2 is 2.12 bits per heavy atom. The van der Waals surface area contributed by atoms with Crippen molar-refractivity contribution in [3.05, 3.63) is 53.6 Å². The molecule has 0 radical (unpaired) electrons. The van der Waals surface area contributed by atoms with E-state index in [9.17, 15) is 9.59 Å². The highest BCUT2D eigenvalue weighted by Crippen LogP contribution is 2.24. The Morgan fingerprint density at radius 3 is 2.96 bits per heavy atom. The van der Waals surface area contributed by atoms with Gasteiger partial charge in [0.1, 0.15) is 0 Å². The van der Waals surface area contributed by atoms with Crippen LogP contribution < -0.4 is 5.32 Å². The van der Waals surface area contributed by atoms with Crippen molar-refractivity contribution in [2.24, 2.45) is 5.92 Å². The number of rotatable bonds is 4. The SMILES string of the molecule is O=C(N[C@@H]1CC(=O)N(Cc2ccccc2)C1)[C@@H]1CCc2nc[nH]c2C1. The second-order valence-electron chi connectivity index (χ2n) is 6.94. The highest BCUT2D eigenvalue weighted by Gasteiger charge is 2.33. The molecular weight excluding hydrogens is 316 g/mol. The number of H-pyrrole nitrogens is 1. The molecule has 1 aromatic carbocycles. The Labute approximate surface area is 146 Å². The van der Waals surface area contributed by atoms with Gasteiger partial charge in [-0.3, -0.25) is 9.59 Å². The maximum atomic E-state index is 12.6. The Balaban J connectivity index is 1.33. The quantitative estimate of drug-likeness (QED) is 0.885. The van der Waals surface area contributed by atoms with E-state index in [0.717, 1.165) is 29.8 Å². The third-order valence-electron chi connectivity index (χ3n) is 5.14. The van der Waals surface area contributed by atoms with Crippen LogP contribution in [-0.4, -0.2) is 39.3 Å². The molecule has 1 fully saturated rings. The fourth-order valence-electron chi connectivity index (χ4n) is 3.77. The van der Waals surface area contributed by atoms with Gasteiger partial charge in [-0.1, -0.05) is 30.3 Å². The number of fused-ring (bicyclic) bond motifs is 1. The minimum absolute atomic E-state index is 0.0359. The predicted octanol–water partition coefficient (Wildman–Crippen LogP) is 1.43. The van der Waals surface area contributed by atoms with Crippen LogP contribution in [0.4, 0.5) is 0 Å². The molecule has 2 aromatic rings. The molecule has 1 aliphatic carbocycles. The number of aryl methyl sites for hydroxylation is 1. The van der Waals surface area contributed by atoms with E-state index in [1.807, 2.05) is 35.2 Å². The van der Waals surface area contributed by atoms with Gasteiger partial charge in [0.15, 0.2) is 0 Å². The summed E-state index contributed by atoms with van der Waals surface area (Å²) in [6.07, 6.45) is 4.44. The third kappa shape index (κ3) is 3.43. The summed E-state index contributed by atoms with van der Waals surface area (Å²) in [5.74, 6) is 0.125. The Kier molecular flexibility index (Phi) is 4.26. The van der Waals surface area contributed by atoms with E-state index in [-0.39, 0.29) is 23.8 Å². The number of nitrogens with zero attached hydrogens (tertiary/aromatic N) is 2. The summed E-state index contributed by atoms with van der Waals surface area (Å²) in [7, 11) is 0. The molecule has 1 aromatic heterocycles. The fraction of sp³-hybridized carbons (Fsp3) is 0.421. The molecule has 0 unspecified atom stereocenters. The zero-order valence-corrected chi connectivity index (χ0v) is 14.1. The minimum atomic E-state index is -0.0909. The van der Waals surface area contributed by atoms with Crippen LogP contribution in [0, 0.1) is 5.92 Å². The number of nitrogens with one attached hydrogen (secondary N) is 2. The summed E-state index contributed by atoms with van der Waals surface area (Å²) in [5, 5.41) is 3.08. The maximum absolute atomic E-state index is 12.6. The smallest absolute Gasteiger partial charge is 0.225 e. The van der Waals surface area contributed by atoms with Gasteiger partial charge < -0.3 is 15.2 Å². The molecule has 2 atom stereocenters. The van der Waals surface area contributed by atoms with Gasteiger partial charge in [0.05, 0.1) is 18.1 Å². The van der Waals surface area contributed by atoms with Gasteiger partial charge in [0.2, 0.25) is 11.8 Å². The average molecular weight is 338 g/mol. The summed E-state index contributed by atoms with van der Waals surface area (Å²) < 4.78 is 0. The summed E-state index contributed by atoms with van der Waals surface area (Å²) in [5.41, 5.74) is 3.26. The van der Waals surface area contributed by atoms with Crippen molar-refractivity contribution in [3.63, 3.8) is 0 Å². The molecule has 1 aliphatic heterocycles. The lowest BCUT2D eigenvalue weighted by atomic mass is 9.89. The number of likely N-dealkylation sites (tertiary alicyclic amines) is 1. The second-order valence-corrected chi connectivity index (χ2v) is 6.94. The van der Waals surface area contributed by atoms with E-state index in [0.29, 0.717) is 25.9 Å². The Bertz CT molecular complexity index is 771. The molecule has 0 bridgehead atoms. The van der Waals surface area contributed by atoms with Crippen LogP contribution in [-0.2, 0) is 29.0 Å². The molecule has 4 rings (SSSR count). The normalized spacial score (nSPS) is 22.7. The molecule has 6 nitrogen and oxygen atoms in total. The lowest BCUT2D eigenvalue weighted by Crippen LogP contribution is -2.42. The van der Waals surface area contributed by atoms with Crippen molar-refractivity contribution >= 4 is 11.8 Å². The monoisotopic (exact) mass is 338 g/mol. The van der Waals surface area contributed by atoms with Gasteiger partial charge in [-0.15, -0.1) is 0 Å². The van der Waals surface area contributed by atoms with E-state index in [4.69, 9.17) is 0 Å². The first-order chi connectivity index (χ1) is 12.2. The number of aromatic nitrogens is 2. The lowest BCUT2D eigenvalue weighted by Gasteiger charge is -2.23. The largest absolute Gasteiger partial charge is 0.351 e. The third-order valence-corrected chi connectivity index (χ3v) is 5.14. The highest BCUT2D eigenvalue weighted by atomic mass is 16.2. The Hall–Kier alpha value is -2.63. The van der Waals surface area contributed by atoms with Crippen LogP contribution in [0.15, 0.2) is 36.7 Å². The van der Waals surface area contributed by atoms with Crippen LogP contribution in [0.25, 0.3) is 0 Å². The van der Waals surface area contributed by atoms with Crippen molar-refractivity contribution in [1.29, 1.82) is 0 Å². The first kappa shape index (κ1) is 15.9. The molecule has 2 aliphatic rings. The zero-order valence-electron chi connectivity index (χ0n) is 14.1. The van der Waals surface area contributed by atoms with E-state index in [1.54, 1.807) is 6.33 Å². The predicted molar refractivity (Wildman–Crippen MR) is 92.5 cm³/mol. The number of benzene rings is 1. The molecular formula is C19H22N4O2. The number of carbonyl (C=O) groups is 2. The van der Waals surface area contributed by atoms with E-state index in [2.05, 4.69) is 15.3 Å². The molecule has 2 amide bonds. The van der Waals surface area contributed by atoms with Crippen LogP contribution in [0.1, 0.15) is 29.8 Å². The fourth-order valence-corrected chi connectivity index (χ4v) is 3.77. The average Bonchev–Trinajstić information content (AvgIpc) is 3.22. The van der Waals surface area contributed by atoms with Crippen LogP contribution in [0.2, 0.25) is 0 Å². The summed E-state index contributed by atoms with van der Waals surface area (Å²) in [6.45, 7) is 1.19. The molecule has 130 valence electrons. The van der Waals surface area contributed by atoms with Crippen molar-refractivity contribution in [2.75, 3.05) is 6.54 Å². The zero-order chi connectivity index (χ0) is 17.2. The second kappa shape index (κ2) is 6.70. The van der Waals surface area contributed by atoms with E-state index < -0.39 is 0 Å². The molecule has 2 N–H and O–H groups in total. The summed E-state index contributed by atoms with van der Waals surface area (Å²) in [4.78, 5) is 34.0. The number of imidazole rings is 1. The van der Waals surface area contributed by atoms with Crippen molar-refractivity contribution in [2.45, 2.75) is 38.3 Å². The Morgan fingerprint density at radius 1 is 1.28 bits per heavy atom. The summed E-state index contributed by atoms with van der Waals surface area (Å²) >= 11 is 0. The molecule has 2 heterocycles. The molecule has 0 spiro atoms. The number of carbonyl (C=O) groups excluding carboxylic acids is 2. The van der Waals surface area contributed by atoms with Gasteiger partial charge in [-0.25, -0.2) is 4.98 Å². The number of hydrogen-bond donors (Lipinski definition) is 2. The maximum Gasteiger partial charge on any atom is 0.225 e. The first-order valence-corrected chi connectivity index (χ1v) is 8.82. The van der Waals surface area contributed by atoms with Crippen LogP contribution in [0.5, 0.6) is 0 Å². The topological polar surface area (TPSA) is 78.1 Å². The van der Waals surface area contributed by atoms with Crippen LogP contribution >= 0.6 is 0 Å². The van der Waals surface area contributed by atoms with E-state index >= 15 is 0 Å². The van der Waals surface area contributed by atoms with Gasteiger partial charge >= 0.3 is 0 Å². The number of amides is 2. The highest BCUT2D eigenvalue weighted by molar-refractivity contribution is 5.83. The van der Waals surface area contributed by atoms with Crippen LogP contribution in [0.3, 0.4) is 0 Å². The molecule has 25 heavy (non-hydrogen) atoms. The lowest BCUT2D eigenvalue weighted by molar-refractivity contribution is -0.128. The van der Waals surface area contributed by atoms with Gasteiger partial charge in [-0.2, -0.15) is 0 Å². The summed E-state index contributed by atoms with van der Waals surface area (Å²) in [6, 6.07) is 9.86. The van der Waals surface area contributed by atoms with Gasteiger partial charge in [-0.05, 0) is 18.4 Å². The van der Waals surface area contributed by atoms with Crippen molar-refractivity contribution in [3.8, 4) is 0 Å². The van der Waals surface area contributed by atoms with Crippen molar-refractivity contribution in [1.82, 2.24) is 20.2 Å². The van der Waals surface area contributed by atoms with E-state index in [1.165, 1.54) is 0 Å². The van der Waals surface area contributed by atoms with Gasteiger partial charge in [0, 0.05) is 37.5 Å². The molecule has 1 saturated heterocycles. The molecule has 0 saturated carbocycles. The number of aromatic amines is 1. The van der Waals surface area contributed by atoms with Gasteiger partial charge in [0.25, 0.3) is 0 Å². The first-order valence-electron chi connectivity index (χ1n) is 8.82.